The van der Waals surface area contributed by atoms with Crippen LogP contribution in [0.5, 0.6) is 0 Å². The van der Waals surface area contributed by atoms with Crippen LogP contribution in [0.1, 0.15) is 51.9 Å². The monoisotopic (exact) mass is 212 g/mol. The van der Waals surface area contributed by atoms with Gasteiger partial charge in [0.2, 0.25) is 0 Å². The summed E-state index contributed by atoms with van der Waals surface area (Å²) in [5.41, 5.74) is 0. The molecule has 3 heteroatoms. The van der Waals surface area contributed by atoms with Gasteiger partial charge in [-0.05, 0) is 12.5 Å². The van der Waals surface area contributed by atoms with E-state index in [2.05, 4.69) is 6.92 Å². The number of hydrogen-bond acceptors (Lipinski definition) is 2. The van der Waals surface area contributed by atoms with Crippen molar-refractivity contribution in [2.75, 3.05) is 0 Å². The first-order valence-electron chi connectivity index (χ1n) is 5.60. The lowest BCUT2D eigenvalue weighted by molar-refractivity contribution is -0.131. The van der Waals surface area contributed by atoms with Crippen molar-refractivity contribution in [1.29, 1.82) is 0 Å². The van der Waals surface area contributed by atoms with Crippen molar-refractivity contribution in [3.63, 3.8) is 0 Å². The first-order valence-corrected chi connectivity index (χ1v) is 5.60. The number of hydrogen-bond donors (Lipinski definition) is 1. The summed E-state index contributed by atoms with van der Waals surface area (Å²) in [6, 6.07) is 0. The van der Waals surface area contributed by atoms with Gasteiger partial charge in [0, 0.05) is 12.5 Å². The second-order valence-corrected chi connectivity index (χ2v) is 3.66. The second-order valence-electron chi connectivity index (χ2n) is 3.66. The molecule has 0 aromatic heterocycles. The molecule has 0 aromatic carbocycles. The molecular formula is C12H20O3. The van der Waals surface area contributed by atoms with E-state index in [1.807, 2.05) is 0 Å². The Morgan fingerprint density at radius 3 is 2.20 bits per heavy atom. The highest BCUT2D eigenvalue weighted by Crippen LogP contribution is 2.07. The van der Waals surface area contributed by atoms with Gasteiger partial charge in [-0.1, -0.05) is 39.0 Å². The summed E-state index contributed by atoms with van der Waals surface area (Å²) in [6.07, 6.45) is 9.33. The van der Waals surface area contributed by atoms with Crippen LogP contribution in [0.25, 0.3) is 0 Å². The van der Waals surface area contributed by atoms with Gasteiger partial charge >= 0.3 is 5.97 Å². The SMILES string of the molecule is CCCCCCCCC(=O)/C=C/C(=O)O. The minimum Gasteiger partial charge on any atom is -0.478 e. The molecule has 0 rings (SSSR count). The van der Waals surface area contributed by atoms with Crippen molar-refractivity contribution in [2.45, 2.75) is 51.9 Å². The average molecular weight is 212 g/mol. The van der Waals surface area contributed by atoms with Crippen molar-refractivity contribution in [1.82, 2.24) is 0 Å². The van der Waals surface area contributed by atoms with E-state index >= 15 is 0 Å². The maximum atomic E-state index is 11.1. The van der Waals surface area contributed by atoms with Gasteiger partial charge < -0.3 is 5.11 Å². The second kappa shape index (κ2) is 9.44. The molecule has 0 heterocycles. The number of carboxylic acid groups (broad SMARTS) is 1. The topological polar surface area (TPSA) is 54.4 Å². The van der Waals surface area contributed by atoms with Crippen LogP contribution in [0.15, 0.2) is 12.2 Å². The molecule has 0 aliphatic carbocycles. The summed E-state index contributed by atoms with van der Waals surface area (Å²) < 4.78 is 0. The highest BCUT2D eigenvalue weighted by Gasteiger charge is 1.97. The Labute approximate surface area is 91.2 Å². The average Bonchev–Trinajstić information content (AvgIpc) is 2.20. The van der Waals surface area contributed by atoms with E-state index in [1.165, 1.54) is 25.7 Å². The molecular weight excluding hydrogens is 192 g/mol. The van der Waals surface area contributed by atoms with E-state index in [1.54, 1.807) is 0 Å². The number of unbranched alkanes of at least 4 members (excludes halogenated alkanes) is 5. The lowest BCUT2D eigenvalue weighted by Crippen LogP contribution is -1.95. The summed E-state index contributed by atoms with van der Waals surface area (Å²) in [6.45, 7) is 2.17. The molecule has 0 saturated heterocycles. The highest BCUT2D eigenvalue weighted by molar-refractivity contribution is 5.95. The van der Waals surface area contributed by atoms with E-state index in [-0.39, 0.29) is 5.78 Å². The van der Waals surface area contributed by atoms with Crippen molar-refractivity contribution in [2.24, 2.45) is 0 Å². The Morgan fingerprint density at radius 1 is 1.00 bits per heavy atom. The Hall–Kier alpha value is -1.12. The highest BCUT2D eigenvalue weighted by atomic mass is 16.4. The van der Waals surface area contributed by atoms with Gasteiger partial charge in [-0.2, -0.15) is 0 Å². The van der Waals surface area contributed by atoms with Gasteiger partial charge in [-0.15, -0.1) is 0 Å². The molecule has 1 N–H and O–H groups in total. The van der Waals surface area contributed by atoms with Crippen LogP contribution in [-0.4, -0.2) is 16.9 Å². The molecule has 0 amide bonds. The Balaban J connectivity index is 3.35. The maximum absolute atomic E-state index is 11.1. The standard InChI is InChI=1S/C12H20O3/c1-2-3-4-5-6-7-8-11(13)9-10-12(14)15/h9-10H,2-8H2,1H3,(H,14,15)/b10-9+. The largest absolute Gasteiger partial charge is 0.478 e. The zero-order chi connectivity index (χ0) is 11.5. The van der Waals surface area contributed by atoms with Gasteiger partial charge in [0.15, 0.2) is 5.78 Å². The van der Waals surface area contributed by atoms with Crippen LogP contribution in [0, 0.1) is 0 Å². The first kappa shape index (κ1) is 13.9. The number of carbonyl (C=O) groups is 2. The summed E-state index contributed by atoms with van der Waals surface area (Å²) >= 11 is 0. The van der Waals surface area contributed by atoms with E-state index < -0.39 is 5.97 Å². The summed E-state index contributed by atoms with van der Waals surface area (Å²) in [5.74, 6) is -1.15. The molecule has 0 aromatic rings. The fourth-order valence-corrected chi connectivity index (χ4v) is 1.33. The van der Waals surface area contributed by atoms with Gasteiger partial charge in [0.25, 0.3) is 0 Å². The number of carbonyl (C=O) groups excluding carboxylic acids is 1. The van der Waals surface area contributed by atoms with Crippen molar-refractivity contribution in [3.8, 4) is 0 Å². The zero-order valence-corrected chi connectivity index (χ0v) is 9.37. The minimum absolute atomic E-state index is 0.0899. The van der Waals surface area contributed by atoms with Crippen molar-refractivity contribution in [3.05, 3.63) is 12.2 Å². The van der Waals surface area contributed by atoms with E-state index in [0.29, 0.717) is 6.42 Å². The molecule has 0 fully saturated rings. The number of ketones is 1. The molecule has 0 aliphatic heterocycles. The van der Waals surface area contributed by atoms with Gasteiger partial charge in [0.05, 0.1) is 0 Å². The third-order valence-corrected chi connectivity index (χ3v) is 2.19. The summed E-state index contributed by atoms with van der Waals surface area (Å²) in [5, 5.41) is 8.29. The summed E-state index contributed by atoms with van der Waals surface area (Å²) in [7, 11) is 0. The van der Waals surface area contributed by atoms with Crippen LogP contribution in [0.4, 0.5) is 0 Å². The van der Waals surface area contributed by atoms with E-state index in [9.17, 15) is 9.59 Å². The van der Waals surface area contributed by atoms with Crippen LogP contribution in [0.2, 0.25) is 0 Å². The Kier molecular flexibility index (Phi) is 8.73. The normalized spacial score (nSPS) is 10.7. The van der Waals surface area contributed by atoms with Crippen LogP contribution in [0.3, 0.4) is 0 Å². The minimum atomic E-state index is -1.06. The fraction of sp³-hybridized carbons (Fsp3) is 0.667. The van der Waals surface area contributed by atoms with Crippen molar-refractivity contribution < 1.29 is 14.7 Å². The predicted molar refractivity (Wildman–Crippen MR) is 59.8 cm³/mol. The van der Waals surface area contributed by atoms with E-state index in [0.717, 1.165) is 25.0 Å². The van der Waals surface area contributed by atoms with Crippen LogP contribution >= 0.6 is 0 Å². The lowest BCUT2D eigenvalue weighted by Gasteiger charge is -1.98. The quantitative estimate of drug-likeness (QED) is 0.472. The number of aliphatic carboxylic acids is 1. The Bertz CT molecular complexity index is 219. The third kappa shape index (κ3) is 10.8. The van der Waals surface area contributed by atoms with Gasteiger partial charge in [-0.3, -0.25) is 4.79 Å². The molecule has 0 aliphatic rings. The molecule has 0 spiro atoms. The van der Waals surface area contributed by atoms with Crippen molar-refractivity contribution >= 4 is 11.8 Å². The van der Waals surface area contributed by atoms with Crippen LogP contribution in [-0.2, 0) is 9.59 Å². The predicted octanol–water partition coefficient (Wildman–Crippen LogP) is 2.95. The molecule has 3 nitrogen and oxygen atoms in total. The summed E-state index contributed by atoms with van der Waals surface area (Å²) in [4.78, 5) is 21.2. The number of carboxylic acids is 1. The first-order chi connectivity index (χ1) is 7.16. The maximum Gasteiger partial charge on any atom is 0.328 e. The van der Waals surface area contributed by atoms with Gasteiger partial charge in [-0.25, -0.2) is 4.79 Å². The lowest BCUT2D eigenvalue weighted by atomic mass is 10.1. The van der Waals surface area contributed by atoms with Crippen LogP contribution < -0.4 is 0 Å². The number of allylic oxidation sites excluding steroid dienone is 1. The molecule has 0 radical (unpaired) electrons. The fourth-order valence-electron chi connectivity index (χ4n) is 1.33. The molecule has 0 bridgehead atoms. The molecule has 15 heavy (non-hydrogen) atoms. The third-order valence-electron chi connectivity index (χ3n) is 2.19. The smallest absolute Gasteiger partial charge is 0.328 e. The molecule has 0 saturated carbocycles. The molecule has 86 valence electrons. The number of rotatable bonds is 9. The Morgan fingerprint density at radius 2 is 1.60 bits per heavy atom. The van der Waals surface area contributed by atoms with Gasteiger partial charge in [0.1, 0.15) is 0 Å². The van der Waals surface area contributed by atoms with E-state index in [4.69, 9.17) is 5.11 Å². The zero-order valence-electron chi connectivity index (χ0n) is 9.37. The molecule has 0 unspecified atom stereocenters. The molecule has 0 atom stereocenters.